The summed E-state index contributed by atoms with van der Waals surface area (Å²) in [4.78, 5) is 20.9. The number of fused-ring (bicyclic) bond motifs is 3. The number of carbonyl (C=O) groups excluding carboxylic acids is 1. The Balaban J connectivity index is 1.67. The number of sulfonamides is 1. The second-order valence-corrected chi connectivity index (χ2v) is 8.95. The summed E-state index contributed by atoms with van der Waals surface area (Å²) in [5, 5.41) is 13.3. The lowest BCUT2D eigenvalue weighted by Crippen LogP contribution is -2.19. The number of hydrazone groups is 1. The maximum absolute atomic E-state index is 11.8. The Morgan fingerprint density at radius 1 is 1.16 bits per heavy atom. The van der Waals surface area contributed by atoms with Crippen LogP contribution in [-0.2, 0) is 21.4 Å². The molecular weight excluding hydrogens is 418 g/mol. The molecule has 11 heteroatoms. The van der Waals surface area contributed by atoms with Crippen molar-refractivity contribution in [1.29, 1.82) is 0 Å². The Kier molecular flexibility index (Phi) is 5.70. The van der Waals surface area contributed by atoms with Crippen LogP contribution >= 0.6 is 0 Å². The number of aryl methyl sites for hydroxylation is 1. The van der Waals surface area contributed by atoms with Crippen LogP contribution in [0.2, 0.25) is 0 Å². The van der Waals surface area contributed by atoms with Crippen LogP contribution in [0.25, 0.3) is 11.0 Å². The molecule has 0 spiro atoms. The molecule has 162 valence electrons. The third-order valence-electron chi connectivity index (χ3n) is 5.08. The van der Waals surface area contributed by atoms with Crippen molar-refractivity contribution < 1.29 is 13.2 Å². The van der Waals surface area contributed by atoms with Crippen LogP contribution < -0.4 is 15.9 Å². The molecule has 4 N–H and O–H groups in total. The highest BCUT2D eigenvalue weighted by molar-refractivity contribution is 7.89. The first kappa shape index (κ1) is 20.9. The maximum Gasteiger partial charge on any atom is 0.240 e. The number of primary sulfonamides is 1. The number of nitrogens with one attached hydrogen (secondary N) is 2. The van der Waals surface area contributed by atoms with E-state index in [9.17, 15) is 13.2 Å². The smallest absolute Gasteiger partial charge is 0.240 e. The van der Waals surface area contributed by atoms with E-state index in [1.54, 1.807) is 18.3 Å². The van der Waals surface area contributed by atoms with Gasteiger partial charge in [-0.3, -0.25) is 4.79 Å². The number of aromatic nitrogens is 3. The number of hydrogen-bond acceptors (Lipinski definition) is 7. The first-order chi connectivity index (χ1) is 14.8. The second-order valence-electron chi connectivity index (χ2n) is 7.39. The van der Waals surface area contributed by atoms with E-state index in [1.807, 2.05) is 13.0 Å². The van der Waals surface area contributed by atoms with Crippen LogP contribution in [0.5, 0.6) is 0 Å². The molecule has 3 heterocycles. The summed E-state index contributed by atoms with van der Waals surface area (Å²) in [5.74, 6) is 0.303. The minimum Gasteiger partial charge on any atom is -0.324 e. The predicted molar refractivity (Wildman–Crippen MR) is 117 cm³/mol. The largest absolute Gasteiger partial charge is 0.324 e. The Hall–Kier alpha value is -3.31. The average Bonchev–Trinajstić information content (AvgIpc) is 3.08. The van der Waals surface area contributed by atoms with E-state index in [2.05, 4.69) is 30.4 Å². The monoisotopic (exact) mass is 441 g/mol. The first-order valence-electron chi connectivity index (χ1n) is 9.91. The highest BCUT2D eigenvalue weighted by atomic mass is 32.2. The standard InChI is InChI=1S/C20H23N7O3S/c1-13-17-11-14-12-22-20(23-15-6-8-16(9-7-15)31(21,29)30)24-19(14)27(17)10-4-2-3-5-18(28)26-25-13/h6-9,11-12H,2-5,10H2,1H3,(H,26,28)(H2,21,29,30)(H,22,23,24)/b25-13-. The summed E-state index contributed by atoms with van der Waals surface area (Å²) in [6.07, 6.45) is 4.84. The third-order valence-corrected chi connectivity index (χ3v) is 6.01. The molecule has 10 nitrogen and oxygen atoms in total. The van der Waals surface area contributed by atoms with Gasteiger partial charge in [0.1, 0.15) is 5.65 Å². The lowest BCUT2D eigenvalue weighted by molar-refractivity contribution is -0.121. The molecule has 3 aromatic rings. The molecule has 0 aliphatic carbocycles. The minimum absolute atomic E-state index is 0.0344. The molecule has 0 atom stereocenters. The van der Waals surface area contributed by atoms with Crippen molar-refractivity contribution in [3.8, 4) is 0 Å². The third kappa shape index (κ3) is 4.72. The zero-order valence-corrected chi connectivity index (χ0v) is 17.8. The van der Waals surface area contributed by atoms with Gasteiger partial charge in [-0.15, -0.1) is 0 Å². The minimum atomic E-state index is -3.75. The van der Waals surface area contributed by atoms with Crippen molar-refractivity contribution in [2.24, 2.45) is 10.2 Å². The molecule has 2 aromatic heterocycles. The van der Waals surface area contributed by atoms with Gasteiger partial charge < -0.3 is 9.88 Å². The first-order valence-corrected chi connectivity index (χ1v) is 11.5. The van der Waals surface area contributed by atoms with E-state index in [0.717, 1.165) is 42.5 Å². The number of amides is 1. The molecule has 0 saturated heterocycles. The number of hydrogen-bond donors (Lipinski definition) is 3. The van der Waals surface area contributed by atoms with Gasteiger partial charge in [0, 0.05) is 30.2 Å². The molecule has 0 unspecified atom stereocenters. The van der Waals surface area contributed by atoms with Crippen LogP contribution in [0.3, 0.4) is 0 Å². The molecule has 0 bridgehead atoms. The molecule has 1 aliphatic heterocycles. The fraction of sp³-hybridized carbons (Fsp3) is 0.300. The van der Waals surface area contributed by atoms with E-state index < -0.39 is 10.0 Å². The molecular formula is C20H23N7O3S. The van der Waals surface area contributed by atoms with Crippen LogP contribution in [0, 0.1) is 0 Å². The fourth-order valence-corrected chi connectivity index (χ4v) is 3.99. The molecule has 1 amide bonds. The Labute approximate surface area is 179 Å². The van der Waals surface area contributed by atoms with Crippen molar-refractivity contribution in [2.45, 2.75) is 44.0 Å². The van der Waals surface area contributed by atoms with Gasteiger partial charge >= 0.3 is 0 Å². The van der Waals surface area contributed by atoms with Crippen LogP contribution in [-0.4, -0.2) is 34.6 Å². The highest BCUT2D eigenvalue weighted by Gasteiger charge is 2.15. The molecule has 31 heavy (non-hydrogen) atoms. The van der Waals surface area contributed by atoms with Gasteiger partial charge in [-0.2, -0.15) is 10.1 Å². The van der Waals surface area contributed by atoms with Gasteiger partial charge in [0.15, 0.2) is 0 Å². The summed E-state index contributed by atoms with van der Waals surface area (Å²) >= 11 is 0. The molecule has 0 fully saturated rings. The van der Waals surface area contributed by atoms with E-state index in [-0.39, 0.29) is 10.8 Å². The highest BCUT2D eigenvalue weighted by Crippen LogP contribution is 2.23. The van der Waals surface area contributed by atoms with E-state index in [4.69, 9.17) is 5.14 Å². The second kappa shape index (κ2) is 8.44. The summed E-state index contributed by atoms with van der Waals surface area (Å²) in [5.41, 5.74) is 5.58. The normalized spacial score (nSPS) is 17.2. The van der Waals surface area contributed by atoms with Crippen molar-refractivity contribution in [2.75, 3.05) is 5.32 Å². The number of anilines is 2. The fourth-order valence-electron chi connectivity index (χ4n) is 3.47. The summed E-state index contributed by atoms with van der Waals surface area (Å²) in [6, 6.07) is 8.02. The van der Waals surface area contributed by atoms with Crippen molar-refractivity contribution in [3.63, 3.8) is 0 Å². The van der Waals surface area contributed by atoms with Crippen LogP contribution in [0.1, 0.15) is 38.3 Å². The SMILES string of the molecule is C/C1=N/NC(=O)CCCCCn2c1cc1cnc(Nc3ccc(S(N)(=O)=O)cc3)nc12. The van der Waals surface area contributed by atoms with E-state index in [0.29, 0.717) is 23.8 Å². The molecule has 1 aliphatic rings. The van der Waals surface area contributed by atoms with Gasteiger partial charge in [-0.25, -0.2) is 24.0 Å². The van der Waals surface area contributed by atoms with E-state index >= 15 is 0 Å². The lowest BCUT2D eigenvalue weighted by Gasteiger charge is -2.10. The Morgan fingerprint density at radius 2 is 1.94 bits per heavy atom. The van der Waals surface area contributed by atoms with Crippen molar-refractivity contribution >= 4 is 44.3 Å². The molecule has 4 rings (SSSR count). The lowest BCUT2D eigenvalue weighted by atomic mass is 10.2. The Bertz CT molecular complexity index is 1260. The van der Waals surface area contributed by atoms with Crippen LogP contribution in [0.15, 0.2) is 46.5 Å². The summed E-state index contributed by atoms with van der Waals surface area (Å²) < 4.78 is 24.9. The number of carbonyl (C=O) groups is 1. The summed E-state index contributed by atoms with van der Waals surface area (Å²) in [6.45, 7) is 2.60. The van der Waals surface area contributed by atoms with Crippen LogP contribution in [0.4, 0.5) is 11.6 Å². The zero-order chi connectivity index (χ0) is 22.0. The summed E-state index contributed by atoms with van der Waals surface area (Å²) in [7, 11) is -3.75. The van der Waals surface area contributed by atoms with Crippen molar-refractivity contribution in [1.82, 2.24) is 20.0 Å². The van der Waals surface area contributed by atoms with Gasteiger partial charge in [-0.05, 0) is 50.1 Å². The topological polar surface area (TPSA) is 144 Å². The van der Waals surface area contributed by atoms with Gasteiger partial charge in [0.05, 0.1) is 16.3 Å². The number of nitrogens with zero attached hydrogens (tertiary/aromatic N) is 4. The van der Waals surface area contributed by atoms with Gasteiger partial charge in [-0.1, -0.05) is 6.42 Å². The zero-order valence-electron chi connectivity index (χ0n) is 17.0. The number of rotatable bonds is 3. The van der Waals surface area contributed by atoms with Gasteiger partial charge in [0.2, 0.25) is 21.9 Å². The quantitative estimate of drug-likeness (QED) is 0.568. The maximum atomic E-state index is 11.8. The molecule has 1 aromatic carbocycles. The Morgan fingerprint density at radius 3 is 2.68 bits per heavy atom. The number of benzene rings is 1. The predicted octanol–water partition coefficient (Wildman–Crippen LogP) is 2.24. The van der Waals surface area contributed by atoms with E-state index in [1.165, 1.54) is 12.1 Å². The average molecular weight is 442 g/mol. The van der Waals surface area contributed by atoms with Crippen molar-refractivity contribution in [3.05, 3.63) is 42.2 Å². The molecule has 0 saturated carbocycles. The number of nitrogens with two attached hydrogens (primary N) is 1. The molecule has 0 radical (unpaired) electrons. The van der Waals surface area contributed by atoms with Gasteiger partial charge in [0.25, 0.3) is 0 Å².